The van der Waals surface area contributed by atoms with E-state index in [4.69, 9.17) is 11.6 Å². The van der Waals surface area contributed by atoms with Gasteiger partial charge in [-0.1, -0.05) is 23.7 Å². The number of aromatic amines is 1. The van der Waals surface area contributed by atoms with E-state index in [2.05, 4.69) is 20.3 Å². The van der Waals surface area contributed by atoms with Gasteiger partial charge in [-0.25, -0.2) is 9.97 Å². The highest BCUT2D eigenvalue weighted by Gasteiger charge is 2.06. The van der Waals surface area contributed by atoms with Gasteiger partial charge in [-0.15, -0.1) is 0 Å². The van der Waals surface area contributed by atoms with Crippen molar-refractivity contribution in [3.05, 3.63) is 59.1 Å². The number of carbonyl (C=O) groups excluding carboxylic acids is 1. The minimum Gasteiger partial charge on any atom is -0.352 e. The third-order valence-corrected chi connectivity index (χ3v) is 3.51. The van der Waals surface area contributed by atoms with Crippen LogP contribution in [0.15, 0.2) is 42.6 Å². The Bertz CT molecular complexity index is 766. The fourth-order valence-corrected chi connectivity index (χ4v) is 2.40. The number of hydrogen-bond donors (Lipinski definition) is 2. The van der Waals surface area contributed by atoms with Gasteiger partial charge in [-0.3, -0.25) is 4.79 Å². The number of carbonyl (C=O) groups is 1. The van der Waals surface area contributed by atoms with E-state index in [1.807, 2.05) is 24.3 Å². The molecule has 2 aromatic heterocycles. The Kier molecular flexibility index (Phi) is 4.34. The maximum absolute atomic E-state index is 11.9. The van der Waals surface area contributed by atoms with Crippen molar-refractivity contribution in [2.45, 2.75) is 12.8 Å². The fourth-order valence-electron chi connectivity index (χ4n) is 2.23. The zero-order chi connectivity index (χ0) is 15.4. The summed E-state index contributed by atoms with van der Waals surface area (Å²) >= 11 is 5.77. The topological polar surface area (TPSA) is 70.7 Å². The highest BCUT2D eigenvalue weighted by atomic mass is 35.5. The Labute approximate surface area is 132 Å². The van der Waals surface area contributed by atoms with E-state index in [1.165, 1.54) is 6.20 Å². The van der Waals surface area contributed by atoms with Gasteiger partial charge in [0.2, 0.25) is 0 Å². The summed E-state index contributed by atoms with van der Waals surface area (Å²) in [6.45, 7) is 0.579. The molecular weight excluding hydrogens is 300 g/mol. The smallest absolute Gasteiger partial charge is 0.251 e. The van der Waals surface area contributed by atoms with Gasteiger partial charge in [0.25, 0.3) is 5.91 Å². The van der Waals surface area contributed by atoms with Crippen molar-refractivity contribution in [3.63, 3.8) is 0 Å². The van der Waals surface area contributed by atoms with Crippen LogP contribution in [0.2, 0.25) is 5.15 Å². The summed E-state index contributed by atoms with van der Waals surface area (Å²) in [5.41, 5.74) is 2.52. The molecule has 2 N–H and O–H groups in total. The number of aromatic nitrogens is 3. The maximum atomic E-state index is 11.9. The van der Waals surface area contributed by atoms with Crippen LogP contribution in [-0.4, -0.2) is 27.4 Å². The van der Waals surface area contributed by atoms with E-state index in [0.717, 1.165) is 29.7 Å². The second-order valence-corrected chi connectivity index (χ2v) is 5.31. The van der Waals surface area contributed by atoms with E-state index in [0.29, 0.717) is 17.3 Å². The summed E-state index contributed by atoms with van der Waals surface area (Å²) < 4.78 is 0. The summed E-state index contributed by atoms with van der Waals surface area (Å²) in [4.78, 5) is 23.6. The van der Waals surface area contributed by atoms with Crippen molar-refractivity contribution < 1.29 is 4.79 Å². The van der Waals surface area contributed by atoms with E-state index in [1.54, 1.807) is 12.1 Å². The Balaban J connectivity index is 1.50. The van der Waals surface area contributed by atoms with Gasteiger partial charge < -0.3 is 10.3 Å². The molecule has 5 nitrogen and oxygen atoms in total. The van der Waals surface area contributed by atoms with E-state index in [9.17, 15) is 4.79 Å². The number of rotatable bonds is 5. The lowest BCUT2D eigenvalue weighted by molar-refractivity contribution is 0.0953. The van der Waals surface area contributed by atoms with Crippen LogP contribution < -0.4 is 5.32 Å². The number of H-pyrrole nitrogens is 1. The maximum Gasteiger partial charge on any atom is 0.251 e. The number of benzene rings is 1. The quantitative estimate of drug-likeness (QED) is 0.562. The lowest BCUT2D eigenvalue weighted by atomic mass is 10.2. The van der Waals surface area contributed by atoms with Crippen LogP contribution in [0.25, 0.3) is 11.0 Å². The predicted molar refractivity (Wildman–Crippen MR) is 86.0 cm³/mol. The number of imidazole rings is 1. The second-order valence-electron chi connectivity index (χ2n) is 4.93. The molecule has 0 radical (unpaired) electrons. The Morgan fingerprint density at radius 2 is 2.14 bits per heavy atom. The first-order chi connectivity index (χ1) is 10.7. The van der Waals surface area contributed by atoms with E-state index >= 15 is 0 Å². The lowest BCUT2D eigenvalue weighted by Gasteiger charge is -2.04. The minimum absolute atomic E-state index is 0.145. The number of nitrogens with zero attached hydrogens (tertiary/aromatic N) is 2. The first-order valence-corrected chi connectivity index (χ1v) is 7.43. The number of fused-ring (bicyclic) bond motifs is 1. The first kappa shape index (κ1) is 14.5. The highest BCUT2D eigenvalue weighted by Crippen LogP contribution is 2.11. The minimum atomic E-state index is -0.145. The molecule has 112 valence electrons. The molecule has 22 heavy (non-hydrogen) atoms. The van der Waals surface area contributed by atoms with Crippen LogP contribution in [0.5, 0.6) is 0 Å². The number of aryl methyl sites for hydroxylation is 1. The molecule has 0 aliphatic heterocycles. The SMILES string of the molecule is O=C(NCCCc1nc2ccccc2[nH]1)c1ccnc(Cl)c1. The molecule has 1 amide bonds. The largest absolute Gasteiger partial charge is 0.352 e. The highest BCUT2D eigenvalue weighted by molar-refractivity contribution is 6.29. The molecule has 1 aromatic carbocycles. The van der Waals surface area contributed by atoms with E-state index in [-0.39, 0.29) is 5.91 Å². The molecule has 0 bridgehead atoms. The Hall–Kier alpha value is -2.40. The van der Waals surface area contributed by atoms with Crippen molar-refractivity contribution >= 4 is 28.5 Å². The molecular formula is C16H15ClN4O. The van der Waals surface area contributed by atoms with Crippen LogP contribution >= 0.6 is 11.6 Å². The zero-order valence-corrected chi connectivity index (χ0v) is 12.6. The number of hydrogen-bond acceptors (Lipinski definition) is 3. The molecule has 3 rings (SSSR count). The zero-order valence-electron chi connectivity index (χ0n) is 11.8. The summed E-state index contributed by atoms with van der Waals surface area (Å²) in [7, 11) is 0. The average molecular weight is 315 g/mol. The van der Waals surface area contributed by atoms with Gasteiger partial charge >= 0.3 is 0 Å². The van der Waals surface area contributed by atoms with Gasteiger partial charge in [0, 0.05) is 24.7 Å². The molecule has 0 unspecified atom stereocenters. The Morgan fingerprint density at radius 1 is 1.27 bits per heavy atom. The molecule has 0 spiro atoms. The summed E-state index contributed by atoms with van der Waals surface area (Å²) in [5, 5.41) is 3.18. The Morgan fingerprint density at radius 3 is 2.95 bits per heavy atom. The van der Waals surface area contributed by atoms with Crippen LogP contribution in [-0.2, 0) is 6.42 Å². The molecule has 2 heterocycles. The standard InChI is InChI=1S/C16H15ClN4O/c17-14-10-11(7-9-18-14)16(22)19-8-3-6-15-20-12-4-1-2-5-13(12)21-15/h1-2,4-5,7,9-10H,3,6,8H2,(H,19,22)(H,20,21). The number of halogens is 1. The molecule has 0 fully saturated rings. The van der Waals surface area contributed by atoms with Gasteiger partial charge in [0.15, 0.2) is 0 Å². The molecule has 3 aromatic rings. The lowest BCUT2D eigenvalue weighted by Crippen LogP contribution is -2.24. The van der Waals surface area contributed by atoms with Gasteiger partial charge in [0.1, 0.15) is 11.0 Å². The third kappa shape index (κ3) is 3.43. The summed E-state index contributed by atoms with van der Waals surface area (Å²) in [6, 6.07) is 11.1. The van der Waals surface area contributed by atoms with Crippen molar-refractivity contribution in [1.82, 2.24) is 20.3 Å². The third-order valence-electron chi connectivity index (χ3n) is 3.30. The molecule has 0 saturated heterocycles. The molecule has 0 aliphatic rings. The number of amides is 1. The molecule has 6 heteroatoms. The molecule has 0 aliphatic carbocycles. The fraction of sp³-hybridized carbons (Fsp3) is 0.188. The predicted octanol–water partition coefficient (Wildman–Crippen LogP) is 2.97. The van der Waals surface area contributed by atoms with Crippen molar-refractivity contribution in [1.29, 1.82) is 0 Å². The van der Waals surface area contributed by atoms with Gasteiger partial charge in [-0.05, 0) is 30.7 Å². The van der Waals surface area contributed by atoms with Gasteiger partial charge in [-0.2, -0.15) is 0 Å². The number of para-hydroxylation sites is 2. The number of nitrogens with one attached hydrogen (secondary N) is 2. The first-order valence-electron chi connectivity index (χ1n) is 7.06. The van der Waals surface area contributed by atoms with Crippen LogP contribution in [0.3, 0.4) is 0 Å². The second kappa shape index (κ2) is 6.58. The normalized spacial score (nSPS) is 10.8. The van der Waals surface area contributed by atoms with E-state index < -0.39 is 0 Å². The molecule has 0 saturated carbocycles. The average Bonchev–Trinajstić information content (AvgIpc) is 2.94. The molecule has 0 atom stereocenters. The van der Waals surface area contributed by atoms with Crippen LogP contribution in [0.4, 0.5) is 0 Å². The number of pyridine rings is 1. The van der Waals surface area contributed by atoms with Crippen LogP contribution in [0.1, 0.15) is 22.6 Å². The summed E-state index contributed by atoms with van der Waals surface area (Å²) in [6.07, 6.45) is 3.11. The van der Waals surface area contributed by atoms with Crippen molar-refractivity contribution in [2.75, 3.05) is 6.54 Å². The summed E-state index contributed by atoms with van der Waals surface area (Å²) in [5.74, 6) is 0.788. The van der Waals surface area contributed by atoms with Crippen molar-refractivity contribution in [2.24, 2.45) is 0 Å². The van der Waals surface area contributed by atoms with Gasteiger partial charge in [0.05, 0.1) is 11.0 Å². The van der Waals surface area contributed by atoms with Crippen LogP contribution in [0, 0.1) is 0 Å². The monoisotopic (exact) mass is 314 g/mol. The van der Waals surface area contributed by atoms with Crippen molar-refractivity contribution in [3.8, 4) is 0 Å².